The highest BCUT2D eigenvalue weighted by Crippen LogP contribution is 2.28. The zero-order valence-corrected chi connectivity index (χ0v) is 9.30. The number of hydrogen-bond acceptors (Lipinski definition) is 2. The Bertz CT molecular complexity index is 669. The summed E-state index contributed by atoms with van der Waals surface area (Å²) in [5, 5.41) is 2.47. The Kier molecular flexibility index (Phi) is 2.26. The molecule has 2 N–H and O–H groups in total. The van der Waals surface area contributed by atoms with Gasteiger partial charge >= 0.3 is 0 Å². The van der Waals surface area contributed by atoms with Crippen LogP contribution in [0.15, 0.2) is 60.8 Å². The van der Waals surface area contributed by atoms with Crippen LogP contribution in [0.3, 0.4) is 0 Å². The van der Waals surface area contributed by atoms with Crippen molar-refractivity contribution in [2.24, 2.45) is 0 Å². The lowest BCUT2D eigenvalue weighted by molar-refractivity contribution is 1.34. The van der Waals surface area contributed by atoms with Gasteiger partial charge < -0.3 is 5.73 Å². The molecule has 0 radical (unpaired) electrons. The van der Waals surface area contributed by atoms with E-state index in [9.17, 15) is 0 Å². The van der Waals surface area contributed by atoms with Crippen molar-refractivity contribution in [2.75, 3.05) is 5.73 Å². The first-order valence-electron chi connectivity index (χ1n) is 5.54. The van der Waals surface area contributed by atoms with Gasteiger partial charge in [0.15, 0.2) is 0 Å². The fourth-order valence-corrected chi connectivity index (χ4v) is 2.09. The Morgan fingerprint density at radius 2 is 1.71 bits per heavy atom. The van der Waals surface area contributed by atoms with Crippen LogP contribution in [0.1, 0.15) is 0 Å². The van der Waals surface area contributed by atoms with E-state index in [2.05, 4.69) is 41.4 Å². The standard InChI is InChI=1S/C15H12N2/c16-15-10-12(8-9-17-15)14-7-3-5-11-4-1-2-6-13(11)14/h1-10H,(H2,16,17). The van der Waals surface area contributed by atoms with Crippen LogP contribution >= 0.6 is 0 Å². The third kappa shape index (κ3) is 1.74. The predicted molar refractivity (Wildman–Crippen MR) is 71.6 cm³/mol. The van der Waals surface area contributed by atoms with Crippen LogP contribution in [-0.4, -0.2) is 4.98 Å². The molecule has 0 atom stereocenters. The molecule has 0 aliphatic rings. The molecule has 3 rings (SSSR count). The van der Waals surface area contributed by atoms with Gasteiger partial charge in [0.25, 0.3) is 0 Å². The van der Waals surface area contributed by atoms with Crippen molar-refractivity contribution in [3.8, 4) is 11.1 Å². The SMILES string of the molecule is Nc1cc(-c2cccc3ccccc23)ccn1. The van der Waals surface area contributed by atoms with E-state index in [-0.39, 0.29) is 0 Å². The van der Waals surface area contributed by atoms with Gasteiger partial charge in [0.05, 0.1) is 0 Å². The molecular weight excluding hydrogens is 208 g/mol. The van der Waals surface area contributed by atoms with Gasteiger partial charge in [-0.05, 0) is 34.0 Å². The average Bonchev–Trinajstić information content (AvgIpc) is 2.38. The highest BCUT2D eigenvalue weighted by Gasteiger charge is 2.03. The second-order valence-electron chi connectivity index (χ2n) is 4.00. The van der Waals surface area contributed by atoms with Crippen molar-refractivity contribution in [1.29, 1.82) is 0 Å². The van der Waals surface area contributed by atoms with Gasteiger partial charge in [-0.2, -0.15) is 0 Å². The number of nitrogens with zero attached hydrogens (tertiary/aromatic N) is 1. The minimum atomic E-state index is 0.551. The molecule has 0 aliphatic carbocycles. The maximum Gasteiger partial charge on any atom is 0.123 e. The van der Waals surface area contributed by atoms with Gasteiger partial charge in [0.2, 0.25) is 0 Å². The second-order valence-corrected chi connectivity index (χ2v) is 4.00. The van der Waals surface area contributed by atoms with Crippen LogP contribution < -0.4 is 5.73 Å². The summed E-state index contributed by atoms with van der Waals surface area (Å²) in [5.41, 5.74) is 8.03. The minimum absolute atomic E-state index is 0.551. The molecule has 0 saturated carbocycles. The number of rotatable bonds is 1. The lowest BCUT2D eigenvalue weighted by atomic mass is 9.99. The van der Waals surface area contributed by atoms with Crippen molar-refractivity contribution in [1.82, 2.24) is 4.98 Å². The van der Waals surface area contributed by atoms with E-state index in [4.69, 9.17) is 5.73 Å². The number of anilines is 1. The predicted octanol–water partition coefficient (Wildman–Crippen LogP) is 3.48. The molecule has 0 saturated heterocycles. The molecule has 2 heteroatoms. The third-order valence-corrected chi connectivity index (χ3v) is 2.88. The van der Waals surface area contributed by atoms with Crippen LogP contribution in [0.25, 0.3) is 21.9 Å². The Morgan fingerprint density at radius 3 is 2.59 bits per heavy atom. The van der Waals surface area contributed by atoms with Crippen molar-refractivity contribution in [3.63, 3.8) is 0 Å². The first kappa shape index (κ1) is 9.85. The van der Waals surface area contributed by atoms with Crippen LogP contribution in [0.4, 0.5) is 5.82 Å². The molecule has 17 heavy (non-hydrogen) atoms. The number of fused-ring (bicyclic) bond motifs is 1. The Labute approximate surface area is 99.7 Å². The molecule has 0 unspecified atom stereocenters. The topological polar surface area (TPSA) is 38.9 Å². The Hall–Kier alpha value is -2.35. The zero-order valence-electron chi connectivity index (χ0n) is 9.30. The normalized spacial score (nSPS) is 10.6. The van der Waals surface area contributed by atoms with Crippen molar-refractivity contribution in [2.45, 2.75) is 0 Å². The van der Waals surface area contributed by atoms with Crippen LogP contribution in [0, 0.1) is 0 Å². The van der Waals surface area contributed by atoms with Crippen molar-refractivity contribution < 1.29 is 0 Å². The van der Waals surface area contributed by atoms with Crippen LogP contribution in [-0.2, 0) is 0 Å². The summed E-state index contributed by atoms with van der Waals surface area (Å²) in [6.45, 7) is 0. The second kappa shape index (κ2) is 3.91. The van der Waals surface area contributed by atoms with Gasteiger partial charge in [-0.15, -0.1) is 0 Å². The van der Waals surface area contributed by atoms with E-state index in [0.29, 0.717) is 5.82 Å². The molecule has 0 spiro atoms. The van der Waals surface area contributed by atoms with Gasteiger partial charge in [0, 0.05) is 6.20 Å². The molecule has 0 aliphatic heterocycles. The molecule has 0 amide bonds. The lowest BCUT2D eigenvalue weighted by Gasteiger charge is -2.06. The number of nitrogens with two attached hydrogens (primary N) is 1. The van der Waals surface area contributed by atoms with Crippen LogP contribution in [0.5, 0.6) is 0 Å². The summed E-state index contributed by atoms with van der Waals surface area (Å²) >= 11 is 0. The Morgan fingerprint density at radius 1 is 0.882 bits per heavy atom. The number of aromatic nitrogens is 1. The molecule has 0 fully saturated rings. The molecule has 2 nitrogen and oxygen atoms in total. The van der Waals surface area contributed by atoms with E-state index in [1.165, 1.54) is 16.3 Å². The van der Waals surface area contributed by atoms with E-state index < -0.39 is 0 Å². The monoisotopic (exact) mass is 220 g/mol. The summed E-state index contributed by atoms with van der Waals surface area (Å²) in [4.78, 5) is 4.02. The third-order valence-electron chi connectivity index (χ3n) is 2.88. The van der Waals surface area contributed by atoms with Gasteiger partial charge in [-0.1, -0.05) is 42.5 Å². The van der Waals surface area contributed by atoms with E-state index in [1.54, 1.807) is 6.20 Å². The summed E-state index contributed by atoms with van der Waals surface area (Å²) in [6, 6.07) is 18.5. The first-order valence-corrected chi connectivity index (χ1v) is 5.54. The minimum Gasteiger partial charge on any atom is -0.384 e. The zero-order chi connectivity index (χ0) is 11.7. The smallest absolute Gasteiger partial charge is 0.123 e. The Balaban J connectivity index is 2.30. The summed E-state index contributed by atoms with van der Waals surface area (Å²) < 4.78 is 0. The molecule has 1 heterocycles. The molecule has 3 aromatic rings. The van der Waals surface area contributed by atoms with Gasteiger partial charge in [0.1, 0.15) is 5.82 Å². The summed E-state index contributed by atoms with van der Waals surface area (Å²) in [7, 11) is 0. The van der Waals surface area contributed by atoms with Crippen LogP contribution in [0.2, 0.25) is 0 Å². The number of benzene rings is 2. The quantitative estimate of drug-likeness (QED) is 0.681. The number of hydrogen-bond donors (Lipinski definition) is 1. The summed E-state index contributed by atoms with van der Waals surface area (Å²) in [5.74, 6) is 0.551. The number of nitrogen functional groups attached to an aromatic ring is 1. The molecule has 2 aromatic carbocycles. The maximum atomic E-state index is 5.73. The van der Waals surface area contributed by atoms with E-state index in [0.717, 1.165) is 5.56 Å². The average molecular weight is 220 g/mol. The van der Waals surface area contributed by atoms with Gasteiger partial charge in [-0.3, -0.25) is 0 Å². The van der Waals surface area contributed by atoms with E-state index in [1.807, 2.05) is 18.2 Å². The van der Waals surface area contributed by atoms with Gasteiger partial charge in [-0.25, -0.2) is 4.98 Å². The fraction of sp³-hybridized carbons (Fsp3) is 0. The highest BCUT2D eigenvalue weighted by molar-refractivity contribution is 5.96. The number of pyridine rings is 1. The molecule has 0 bridgehead atoms. The molecule has 82 valence electrons. The largest absolute Gasteiger partial charge is 0.384 e. The first-order chi connectivity index (χ1) is 8.34. The molecule has 1 aromatic heterocycles. The van der Waals surface area contributed by atoms with E-state index >= 15 is 0 Å². The lowest BCUT2D eigenvalue weighted by Crippen LogP contribution is -1.89. The fourth-order valence-electron chi connectivity index (χ4n) is 2.09. The highest BCUT2D eigenvalue weighted by atomic mass is 14.8. The summed E-state index contributed by atoms with van der Waals surface area (Å²) in [6.07, 6.45) is 1.74. The maximum absolute atomic E-state index is 5.73. The molecular formula is C15H12N2. The van der Waals surface area contributed by atoms with Crippen molar-refractivity contribution >= 4 is 16.6 Å². The van der Waals surface area contributed by atoms with Crippen molar-refractivity contribution in [3.05, 3.63) is 60.8 Å².